The molecule has 130 valence electrons. The van der Waals surface area contributed by atoms with Crippen molar-refractivity contribution in [3.8, 4) is 0 Å². The number of benzene rings is 2. The summed E-state index contributed by atoms with van der Waals surface area (Å²) in [6.07, 6.45) is 2.67. The van der Waals surface area contributed by atoms with Crippen molar-refractivity contribution in [3.63, 3.8) is 0 Å². The molecule has 2 heterocycles. The summed E-state index contributed by atoms with van der Waals surface area (Å²) in [4.78, 5) is 19.9. The van der Waals surface area contributed by atoms with E-state index in [1.165, 1.54) is 11.8 Å². The van der Waals surface area contributed by atoms with Crippen LogP contribution in [0.15, 0.2) is 53.4 Å². The fraction of sp³-hybridized carbons (Fsp3) is 0.150. The minimum absolute atomic E-state index is 0.0899. The summed E-state index contributed by atoms with van der Waals surface area (Å²) in [7, 11) is 1.95. The second-order valence-electron chi connectivity index (χ2n) is 6.02. The highest BCUT2D eigenvalue weighted by Crippen LogP contribution is 2.37. The number of para-hydroxylation sites is 3. The molecule has 1 aliphatic rings. The number of carbonyl (C=O) groups is 1. The summed E-state index contributed by atoms with van der Waals surface area (Å²) in [5.41, 5.74) is 3.91. The maximum absolute atomic E-state index is 13.0. The second-order valence-corrected chi connectivity index (χ2v) is 7.69. The lowest BCUT2D eigenvalue weighted by Gasteiger charge is -2.17. The molecule has 4 rings (SSSR count). The third-order valence-corrected chi connectivity index (χ3v) is 5.79. The molecular formula is C20H17N3OS2. The van der Waals surface area contributed by atoms with Crippen LogP contribution in [-0.2, 0) is 18.3 Å². The topological polar surface area (TPSA) is 38.1 Å². The van der Waals surface area contributed by atoms with E-state index in [1.54, 1.807) is 4.90 Å². The molecule has 2 aromatic carbocycles. The highest BCUT2D eigenvalue weighted by molar-refractivity contribution is 8.27. The largest absolute Gasteiger partial charge is 0.328 e. The van der Waals surface area contributed by atoms with Crippen LogP contribution in [0.1, 0.15) is 18.3 Å². The lowest BCUT2D eigenvalue weighted by Crippen LogP contribution is -2.28. The maximum Gasteiger partial charge on any atom is 0.270 e. The molecule has 1 aromatic heterocycles. The Balaban J connectivity index is 1.75. The first-order chi connectivity index (χ1) is 12.6. The van der Waals surface area contributed by atoms with Gasteiger partial charge in [-0.15, -0.1) is 0 Å². The number of fused-ring (bicyclic) bond motifs is 1. The minimum Gasteiger partial charge on any atom is -0.328 e. The Labute approximate surface area is 161 Å². The van der Waals surface area contributed by atoms with Crippen molar-refractivity contribution in [1.29, 1.82) is 0 Å². The van der Waals surface area contributed by atoms with E-state index in [0.29, 0.717) is 9.23 Å². The summed E-state index contributed by atoms with van der Waals surface area (Å²) in [6.45, 7) is 2.08. The zero-order valence-corrected chi connectivity index (χ0v) is 16.1. The molecule has 0 unspecified atom stereocenters. The van der Waals surface area contributed by atoms with E-state index in [2.05, 4.69) is 11.9 Å². The molecule has 0 N–H and O–H groups in total. The molecule has 1 amide bonds. The molecule has 26 heavy (non-hydrogen) atoms. The Morgan fingerprint density at radius 1 is 1.15 bits per heavy atom. The minimum atomic E-state index is -0.0899. The van der Waals surface area contributed by atoms with Crippen LogP contribution in [0.3, 0.4) is 0 Å². The molecule has 3 aromatic rings. The second kappa shape index (κ2) is 6.70. The van der Waals surface area contributed by atoms with Crippen LogP contribution in [0.2, 0.25) is 0 Å². The van der Waals surface area contributed by atoms with E-state index in [4.69, 9.17) is 12.2 Å². The molecule has 0 saturated carbocycles. The molecule has 0 bridgehead atoms. The zero-order chi connectivity index (χ0) is 18.3. The first-order valence-electron chi connectivity index (χ1n) is 8.37. The summed E-state index contributed by atoms with van der Waals surface area (Å²) in [5, 5.41) is 0. The van der Waals surface area contributed by atoms with Gasteiger partial charge in [0.1, 0.15) is 5.82 Å². The van der Waals surface area contributed by atoms with Gasteiger partial charge in [-0.1, -0.05) is 61.2 Å². The van der Waals surface area contributed by atoms with Gasteiger partial charge in [-0.3, -0.25) is 9.69 Å². The molecule has 0 radical (unpaired) electrons. The van der Waals surface area contributed by atoms with E-state index in [0.717, 1.165) is 34.5 Å². The highest BCUT2D eigenvalue weighted by atomic mass is 32.2. The molecule has 1 saturated heterocycles. The van der Waals surface area contributed by atoms with Crippen LogP contribution in [-0.4, -0.2) is 19.8 Å². The van der Waals surface area contributed by atoms with E-state index >= 15 is 0 Å². The highest BCUT2D eigenvalue weighted by Gasteiger charge is 2.34. The van der Waals surface area contributed by atoms with Gasteiger partial charge in [-0.05, 0) is 30.2 Å². The zero-order valence-electron chi connectivity index (χ0n) is 14.5. The number of aromatic nitrogens is 2. The first kappa shape index (κ1) is 17.0. The van der Waals surface area contributed by atoms with E-state index in [1.807, 2.05) is 66.2 Å². The molecule has 0 aliphatic carbocycles. The van der Waals surface area contributed by atoms with Crippen molar-refractivity contribution >= 4 is 57.0 Å². The number of imidazole rings is 1. The molecule has 1 fully saturated rings. The number of hydrogen-bond acceptors (Lipinski definition) is 4. The normalized spacial score (nSPS) is 16.2. The number of rotatable bonds is 3. The van der Waals surface area contributed by atoms with Gasteiger partial charge in [0, 0.05) is 13.1 Å². The van der Waals surface area contributed by atoms with Gasteiger partial charge in [0.05, 0.1) is 21.6 Å². The fourth-order valence-electron chi connectivity index (χ4n) is 3.11. The van der Waals surface area contributed by atoms with Crippen LogP contribution < -0.4 is 4.90 Å². The van der Waals surface area contributed by atoms with Crippen molar-refractivity contribution in [2.75, 3.05) is 4.90 Å². The van der Waals surface area contributed by atoms with Crippen molar-refractivity contribution in [1.82, 2.24) is 9.55 Å². The van der Waals surface area contributed by atoms with Crippen molar-refractivity contribution in [2.45, 2.75) is 13.3 Å². The quantitative estimate of drug-likeness (QED) is 0.495. The Kier molecular flexibility index (Phi) is 4.38. The maximum atomic E-state index is 13.0. The van der Waals surface area contributed by atoms with E-state index < -0.39 is 0 Å². The summed E-state index contributed by atoms with van der Waals surface area (Å²) < 4.78 is 2.54. The Morgan fingerprint density at radius 3 is 2.65 bits per heavy atom. The predicted octanol–water partition coefficient (Wildman–Crippen LogP) is 4.54. The smallest absolute Gasteiger partial charge is 0.270 e. The van der Waals surface area contributed by atoms with Gasteiger partial charge in [0.25, 0.3) is 5.91 Å². The SMILES string of the molecule is CCc1ccccc1N1C(=O)C(=Cc2nc3ccccc3n2C)SC1=S. The van der Waals surface area contributed by atoms with Crippen LogP contribution in [0.4, 0.5) is 5.69 Å². The number of anilines is 1. The van der Waals surface area contributed by atoms with Gasteiger partial charge in [-0.2, -0.15) is 0 Å². The van der Waals surface area contributed by atoms with Crippen molar-refractivity contribution in [2.24, 2.45) is 7.05 Å². The van der Waals surface area contributed by atoms with E-state index in [-0.39, 0.29) is 5.91 Å². The standard InChI is InChI=1S/C20H17N3OS2/c1-3-13-8-4-6-10-15(13)23-19(24)17(26-20(23)25)12-18-21-14-9-5-7-11-16(14)22(18)2/h4-12H,3H2,1-2H3. The van der Waals surface area contributed by atoms with Gasteiger partial charge in [0.15, 0.2) is 4.32 Å². The third kappa shape index (κ3) is 2.75. The molecule has 0 atom stereocenters. The van der Waals surface area contributed by atoms with E-state index in [9.17, 15) is 4.79 Å². The van der Waals surface area contributed by atoms with Crippen molar-refractivity contribution in [3.05, 3.63) is 64.8 Å². The van der Waals surface area contributed by atoms with Crippen LogP contribution >= 0.6 is 24.0 Å². The summed E-state index contributed by atoms with van der Waals surface area (Å²) in [6, 6.07) is 15.8. The Morgan fingerprint density at radius 2 is 1.88 bits per heavy atom. The molecular weight excluding hydrogens is 362 g/mol. The first-order valence-corrected chi connectivity index (χ1v) is 9.60. The molecule has 0 spiro atoms. The van der Waals surface area contributed by atoms with Crippen LogP contribution in [0.25, 0.3) is 17.1 Å². The van der Waals surface area contributed by atoms with Gasteiger partial charge >= 0.3 is 0 Å². The Bertz CT molecular complexity index is 1070. The number of amides is 1. The Hall–Kier alpha value is -2.44. The lowest BCUT2D eigenvalue weighted by atomic mass is 10.1. The molecule has 6 heteroatoms. The van der Waals surface area contributed by atoms with Gasteiger partial charge < -0.3 is 4.57 Å². The number of aryl methyl sites for hydroxylation is 2. The summed E-state index contributed by atoms with van der Waals surface area (Å²) >= 11 is 6.82. The molecule has 4 nitrogen and oxygen atoms in total. The van der Waals surface area contributed by atoms with Gasteiger partial charge in [0.2, 0.25) is 0 Å². The average molecular weight is 380 g/mol. The van der Waals surface area contributed by atoms with Crippen LogP contribution in [0, 0.1) is 0 Å². The number of carbonyl (C=O) groups excluding carboxylic acids is 1. The summed E-state index contributed by atoms with van der Waals surface area (Å²) in [5.74, 6) is 0.656. The third-order valence-electron chi connectivity index (χ3n) is 4.49. The van der Waals surface area contributed by atoms with Crippen LogP contribution in [0.5, 0.6) is 0 Å². The fourth-order valence-corrected chi connectivity index (χ4v) is 4.37. The average Bonchev–Trinajstić information content (AvgIpc) is 3.12. The number of nitrogens with zero attached hydrogens (tertiary/aromatic N) is 3. The lowest BCUT2D eigenvalue weighted by molar-refractivity contribution is -0.113. The van der Waals surface area contributed by atoms with Crippen molar-refractivity contribution < 1.29 is 4.79 Å². The molecule has 1 aliphatic heterocycles. The number of thioether (sulfide) groups is 1. The monoisotopic (exact) mass is 379 g/mol. The predicted molar refractivity (Wildman–Crippen MR) is 112 cm³/mol. The number of hydrogen-bond donors (Lipinski definition) is 0. The van der Waals surface area contributed by atoms with Gasteiger partial charge in [-0.25, -0.2) is 4.98 Å². The number of thiocarbonyl (C=S) groups is 1.